The molecule has 3 aromatic rings. The average molecular weight is 610 g/mol. The third-order valence-corrected chi connectivity index (χ3v) is 9.14. The minimum absolute atomic E-state index is 0.0163. The molecule has 3 aromatic carbocycles. The molecule has 9 nitrogen and oxygen atoms in total. The van der Waals surface area contributed by atoms with Crippen LogP contribution in [0.3, 0.4) is 0 Å². The Labute approximate surface area is 255 Å². The first kappa shape index (κ1) is 33.5. The fraction of sp³-hybridized carbons (Fsp3) is 0.394. The van der Waals surface area contributed by atoms with E-state index in [1.807, 2.05) is 58.9 Å². The lowest BCUT2D eigenvalue weighted by atomic mass is 10.1. The number of hydrogen-bond acceptors (Lipinski definition) is 6. The van der Waals surface area contributed by atoms with E-state index in [4.69, 9.17) is 9.47 Å². The lowest BCUT2D eigenvalue weighted by Gasteiger charge is -2.34. The van der Waals surface area contributed by atoms with Gasteiger partial charge in [-0.2, -0.15) is 0 Å². The largest absolute Gasteiger partial charge is 0.497 e. The number of carbonyl (C=O) groups is 2. The Morgan fingerprint density at radius 2 is 1.58 bits per heavy atom. The van der Waals surface area contributed by atoms with Crippen LogP contribution in [0.4, 0.5) is 5.69 Å². The monoisotopic (exact) mass is 609 g/mol. The Morgan fingerprint density at radius 1 is 0.884 bits per heavy atom. The van der Waals surface area contributed by atoms with Gasteiger partial charge in [-0.1, -0.05) is 61.4 Å². The number of methoxy groups -OCH3 is 2. The Balaban J connectivity index is 2.15. The summed E-state index contributed by atoms with van der Waals surface area (Å²) in [6.45, 7) is 9.08. The van der Waals surface area contributed by atoms with Gasteiger partial charge in [0.1, 0.15) is 24.1 Å². The third kappa shape index (κ3) is 8.28. The van der Waals surface area contributed by atoms with E-state index >= 15 is 0 Å². The van der Waals surface area contributed by atoms with Gasteiger partial charge in [0.25, 0.3) is 10.0 Å². The van der Waals surface area contributed by atoms with Crippen molar-refractivity contribution in [2.45, 2.75) is 71.0 Å². The summed E-state index contributed by atoms with van der Waals surface area (Å²) < 4.78 is 40.4. The molecule has 0 aliphatic rings. The molecule has 0 radical (unpaired) electrons. The van der Waals surface area contributed by atoms with Gasteiger partial charge in [0.15, 0.2) is 0 Å². The predicted molar refractivity (Wildman–Crippen MR) is 169 cm³/mol. The number of rotatable bonds is 14. The molecule has 0 aliphatic carbocycles. The minimum atomic E-state index is -4.26. The maximum Gasteiger partial charge on any atom is 0.264 e. The molecule has 3 rings (SSSR count). The Kier molecular flexibility index (Phi) is 11.6. The predicted octanol–water partition coefficient (Wildman–Crippen LogP) is 5.24. The van der Waals surface area contributed by atoms with Crippen LogP contribution in [0.5, 0.6) is 11.5 Å². The van der Waals surface area contributed by atoms with Crippen LogP contribution in [-0.2, 0) is 26.2 Å². The van der Waals surface area contributed by atoms with E-state index in [2.05, 4.69) is 5.32 Å². The quantitative estimate of drug-likeness (QED) is 0.268. The van der Waals surface area contributed by atoms with Crippen molar-refractivity contribution in [3.63, 3.8) is 0 Å². The van der Waals surface area contributed by atoms with Crippen LogP contribution >= 0.6 is 0 Å². The zero-order valence-corrected chi connectivity index (χ0v) is 26.9. The highest BCUT2D eigenvalue weighted by molar-refractivity contribution is 7.92. The minimum Gasteiger partial charge on any atom is -0.497 e. The molecular weight excluding hydrogens is 566 g/mol. The van der Waals surface area contributed by atoms with Crippen molar-refractivity contribution in [1.29, 1.82) is 0 Å². The van der Waals surface area contributed by atoms with Crippen LogP contribution in [-0.4, -0.2) is 58.0 Å². The van der Waals surface area contributed by atoms with Crippen molar-refractivity contribution >= 4 is 27.5 Å². The summed E-state index contributed by atoms with van der Waals surface area (Å²) in [5, 5.41) is 2.99. The first-order chi connectivity index (χ1) is 20.4. The van der Waals surface area contributed by atoms with Crippen molar-refractivity contribution in [1.82, 2.24) is 10.2 Å². The highest BCUT2D eigenvalue weighted by Gasteiger charge is 2.35. The average Bonchev–Trinajstić information content (AvgIpc) is 2.99. The van der Waals surface area contributed by atoms with Crippen LogP contribution < -0.4 is 19.1 Å². The second kappa shape index (κ2) is 14.9. The molecule has 1 N–H and O–H groups in total. The van der Waals surface area contributed by atoms with Crippen molar-refractivity contribution in [3.8, 4) is 11.5 Å². The van der Waals surface area contributed by atoms with E-state index in [1.165, 1.54) is 37.3 Å². The number of benzene rings is 3. The van der Waals surface area contributed by atoms with Crippen LogP contribution in [0.15, 0.2) is 71.6 Å². The SMILES string of the molecule is CC[C@H](C(=O)N[C@@H](C)CC)N(Cc1cccc(C)c1)C(=O)CN(c1cc(OC)ccc1OC)S(=O)(=O)c1ccc(C)cc1. The van der Waals surface area contributed by atoms with Gasteiger partial charge in [-0.15, -0.1) is 0 Å². The van der Waals surface area contributed by atoms with E-state index in [0.717, 1.165) is 27.4 Å². The maximum absolute atomic E-state index is 14.3. The molecule has 0 saturated carbocycles. The molecule has 0 spiro atoms. The zero-order valence-electron chi connectivity index (χ0n) is 26.1. The highest BCUT2D eigenvalue weighted by atomic mass is 32.2. The fourth-order valence-electron chi connectivity index (χ4n) is 4.71. The second-order valence-electron chi connectivity index (χ2n) is 10.6. The second-order valence-corrected chi connectivity index (χ2v) is 12.5. The van der Waals surface area contributed by atoms with E-state index in [9.17, 15) is 18.0 Å². The zero-order chi connectivity index (χ0) is 31.7. The van der Waals surface area contributed by atoms with E-state index in [0.29, 0.717) is 12.2 Å². The molecule has 2 atom stereocenters. The lowest BCUT2D eigenvalue weighted by Crippen LogP contribution is -2.53. The van der Waals surface area contributed by atoms with Gasteiger partial charge in [0, 0.05) is 18.7 Å². The first-order valence-electron chi connectivity index (χ1n) is 14.4. The van der Waals surface area contributed by atoms with Gasteiger partial charge in [-0.05, 0) is 63.4 Å². The van der Waals surface area contributed by atoms with Crippen LogP contribution in [0, 0.1) is 13.8 Å². The molecule has 0 heterocycles. The number of nitrogens with one attached hydrogen (secondary N) is 1. The molecule has 2 amide bonds. The standard InChI is InChI=1S/C33H43N3O6S/c1-8-25(5)34-33(38)29(9-2)35(21-26-12-10-11-24(4)19-26)32(37)22-36(30-20-27(41-6)15-18-31(30)42-7)43(39,40)28-16-13-23(3)14-17-28/h10-20,25,29H,8-9,21-22H2,1-7H3,(H,34,38)/t25-,29+/m0/s1. The van der Waals surface area contributed by atoms with Crippen LogP contribution in [0.2, 0.25) is 0 Å². The van der Waals surface area contributed by atoms with Gasteiger partial charge in [-0.3, -0.25) is 13.9 Å². The smallest absolute Gasteiger partial charge is 0.264 e. The van der Waals surface area contributed by atoms with Crippen molar-refractivity contribution in [3.05, 3.63) is 83.4 Å². The molecule has 0 saturated heterocycles. The number of hydrogen-bond donors (Lipinski definition) is 1. The summed E-state index contributed by atoms with van der Waals surface area (Å²) in [7, 11) is -1.36. The number of carbonyl (C=O) groups excluding carboxylic acids is 2. The molecule has 43 heavy (non-hydrogen) atoms. The topological polar surface area (TPSA) is 105 Å². The maximum atomic E-state index is 14.3. The Bertz CT molecular complexity index is 1510. The summed E-state index contributed by atoms with van der Waals surface area (Å²) in [4.78, 5) is 29.3. The Hall–Kier alpha value is -4.05. The van der Waals surface area contributed by atoms with Gasteiger partial charge in [0.05, 0.1) is 24.8 Å². The van der Waals surface area contributed by atoms with Crippen LogP contribution in [0.25, 0.3) is 0 Å². The molecule has 232 valence electrons. The number of ether oxygens (including phenoxy) is 2. The van der Waals surface area contributed by atoms with E-state index in [1.54, 1.807) is 24.3 Å². The van der Waals surface area contributed by atoms with Gasteiger partial charge in [0.2, 0.25) is 11.8 Å². The number of anilines is 1. The summed E-state index contributed by atoms with van der Waals surface area (Å²) >= 11 is 0. The van der Waals surface area contributed by atoms with Gasteiger partial charge in [-0.25, -0.2) is 8.42 Å². The molecule has 0 bridgehead atoms. The molecule has 10 heteroatoms. The van der Waals surface area contributed by atoms with Gasteiger partial charge < -0.3 is 19.7 Å². The Morgan fingerprint density at radius 3 is 2.16 bits per heavy atom. The summed E-state index contributed by atoms with van der Waals surface area (Å²) in [5.41, 5.74) is 2.87. The summed E-state index contributed by atoms with van der Waals surface area (Å²) in [5.74, 6) is -0.183. The lowest BCUT2D eigenvalue weighted by molar-refractivity contribution is -0.140. The number of nitrogens with zero attached hydrogens (tertiary/aromatic N) is 2. The van der Waals surface area contributed by atoms with Crippen molar-refractivity contribution < 1.29 is 27.5 Å². The normalized spacial score (nSPS) is 12.6. The number of amides is 2. The molecule has 0 aromatic heterocycles. The van der Waals surface area contributed by atoms with E-state index in [-0.39, 0.29) is 34.8 Å². The van der Waals surface area contributed by atoms with Gasteiger partial charge >= 0.3 is 0 Å². The fourth-order valence-corrected chi connectivity index (χ4v) is 6.13. The first-order valence-corrected chi connectivity index (χ1v) is 15.9. The number of sulfonamides is 1. The summed E-state index contributed by atoms with van der Waals surface area (Å²) in [6.07, 6.45) is 1.07. The van der Waals surface area contributed by atoms with Crippen molar-refractivity contribution in [2.75, 3.05) is 25.1 Å². The van der Waals surface area contributed by atoms with Crippen LogP contribution in [0.1, 0.15) is 50.3 Å². The molecule has 0 fully saturated rings. The molecule has 0 aliphatic heterocycles. The van der Waals surface area contributed by atoms with E-state index < -0.39 is 28.5 Å². The van der Waals surface area contributed by atoms with Crippen molar-refractivity contribution in [2.24, 2.45) is 0 Å². The summed E-state index contributed by atoms with van der Waals surface area (Å²) in [6, 6.07) is 18.0. The highest BCUT2D eigenvalue weighted by Crippen LogP contribution is 2.36. The third-order valence-electron chi connectivity index (χ3n) is 7.36. The molecule has 0 unspecified atom stereocenters. The number of aryl methyl sites for hydroxylation is 2. The molecular formula is C33H43N3O6S.